The molecule has 1 aromatic heterocycles. The molecule has 0 radical (unpaired) electrons. The third kappa shape index (κ3) is 5.22. The molecule has 4 rings (SSSR count). The van der Waals surface area contributed by atoms with Crippen molar-refractivity contribution >= 4 is 11.8 Å². The zero-order chi connectivity index (χ0) is 24.8. The lowest BCUT2D eigenvalue weighted by Crippen LogP contribution is -2.63. The van der Waals surface area contributed by atoms with Crippen molar-refractivity contribution in [2.45, 2.75) is 38.9 Å². The van der Waals surface area contributed by atoms with Crippen LogP contribution in [0.5, 0.6) is 5.75 Å². The minimum absolute atomic E-state index is 0.213. The Morgan fingerprint density at radius 3 is 2.57 bits per heavy atom. The molecule has 3 aromatic rings. The van der Waals surface area contributed by atoms with E-state index in [4.69, 9.17) is 9.47 Å². The highest BCUT2D eigenvalue weighted by Gasteiger charge is 2.47. The molecule has 8 heteroatoms. The Bertz CT molecular complexity index is 1160. The molecular formula is C27H32N4O4. The lowest BCUT2D eigenvalue weighted by atomic mass is 9.94. The maximum Gasteiger partial charge on any atom is 0.273 e. The van der Waals surface area contributed by atoms with Crippen molar-refractivity contribution in [1.82, 2.24) is 20.0 Å². The van der Waals surface area contributed by atoms with Crippen LogP contribution in [0, 0.1) is 0 Å². The van der Waals surface area contributed by atoms with Crippen LogP contribution in [0.1, 0.15) is 36.3 Å². The molecule has 1 aliphatic heterocycles. The van der Waals surface area contributed by atoms with Gasteiger partial charge in [0.05, 0.1) is 18.8 Å². The summed E-state index contributed by atoms with van der Waals surface area (Å²) in [5.74, 6) is 0.329. The summed E-state index contributed by atoms with van der Waals surface area (Å²) in [4.78, 5) is 28.9. The van der Waals surface area contributed by atoms with Gasteiger partial charge in [0.2, 0.25) is 5.91 Å². The highest BCUT2D eigenvalue weighted by Crippen LogP contribution is 2.31. The minimum atomic E-state index is -1.12. The maximum absolute atomic E-state index is 13.8. The topological polar surface area (TPSA) is 85.7 Å². The number of nitrogens with one attached hydrogen (secondary N) is 1. The second-order valence-corrected chi connectivity index (χ2v) is 8.78. The van der Waals surface area contributed by atoms with E-state index in [1.807, 2.05) is 61.5 Å². The van der Waals surface area contributed by atoms with Crippen molar-refractivity contribution < 1.29 is 19.1 Å². The molecule has 2 heterocycles. The van der Waals surface area contributed by atoms with Crippen LogP contribution < -0.4 is 10.1 Å². The van der Waals surface area contributed by atoms with E-state index >= 15 is 0 Å². The molecule has 35 heavy (non-hydrogen) atoms. The van der Waals surface area contributed by atoms with Crippen molar-refractivity contribution in [3.05, 3.63) is 71.9 Å². The molecule has 8 nitrogen and oxygen atoms in total. The number of nitrogens with zero attached hydrogens (tertiary/aromatic N) is 3. The zero-order valence-electron chi connectivity index (χ0n) is 20.5. The van der Waals surface area contributed by atoms with Crippen molar-refractivity contribution in [1.29, 1.82) is 0 Å². The molecule has 184 valence electrons. The van der Waals surface area contributed by atoms with Crippen LogP contribution in [0.25, 0.3) is 11.3 Å². The molecule has 0 bridgehead atoms. The monoisotopic (exact) mass is 476 g/mol. The average molecular weight is 477 g/mol. The fourth-order valence-electron chi connectivity index (χ4n) is 4.29. The number of carbonyl (C=O) groups excluding carboxylic acids is 2. The van der Waals surface area contributed by atoms with Gasteiger partial charge in [0, 0.05) is 32.4 Å². The van der Waals surface area contributed by atoms with Gasteiger partial charge in [0.1, 0.15) is 17.0 Å². The second kappa shape index (κ2) is 10.7. The van der Waals surface area contributed by atoms with E-state index in [1.165, 1.54) is 0 Å². The van der Waals surface area contributed by atoms with Gasteiger partial charge in [-0.3, -0.25) is 14.3 Å². The van der Waals surface area contributed by atoms with Gasteiger partial charge in [-0.05, 0) is 44.0 Å². The fourth-order valence-corrected chi connectivity index (χ4v) is 4.29. The van der Waals surface area contributed by atoms with Gasteiger partial charge >= 0.3 is 0 Å². The number of fused-ring (bicyclic) bond motifs is 1. The van der Waals surface area contributed by atoms with Crippen LogP contribution in [0.15, 0.2) is 60.7 Å². The normalized spacial score (nSPS) is 17.2. The Labute approximate surface area is 205 Å². The summed E-state index contributed by atoms with van der Waals surface area (Å²) in [5, 5.41) is 7.67. The van der Waals surface area contributed by atoms with E-state index in [0.717, 1.165) is 16.9 Å². The number of rotatable bonds is 10. The third-order valence-corrected chi connectivity index (χ3v) is 6.24. The first-order valence-corrected chi connectivity index (χ1v) is 11.9. The number of methoxy groups -OCH3 is 1. The van der Waals surface area contributed by atoms with Crippen molar-refractivity contribution in [3.63, 3.8) is 0 Å². The summed E-state index contributed by atoms with van der Waals surface area (Å²) in [7, 11) is 1.63. The highest BCUT2D eigenvalue weighted by molar-refractivity contribution is 6.00. The Hall–Kier alpha value is -3.65. The van der Waals surface area contributed by atoms with Crippen molar-refractivity contribution in [2.75, 3.05) is 26.9 Å². The van der Waals surface area contributed by atoms with E-state index in [1.54, 1.807) is 29.7 Å². The fraction of sp³-hybridized carbons (Fsp3) is 0.370. The van der Waals surface area contributed by atoms with E-state index < -0.39 is 5.54 Å². The van der Waals surface area contributed by atoms with E-state index in [2.05, 4.69) is 10.4 Å². The lowest BCUT2D eigenvalue weighted by molar-refractivity contribution is -0.133. The standard InChI is InChI=1S/C27H32N4O4/c1-4-35-22-13-11-20(12-14-22)18-30-25(32)24-17-23(21-9-6-5-7-10-21)29-31(24)19-27(30,2)26(33)28-15-8-16-34-3/h5-7,9-14,17H,4,8,15-16,18-19H2,1-3H3,(H,28,33)/t27-/m1/s1. The number of benzene rings is 2. The van der Waals surface area contributed by atoms with Gasteiger partial charge in [-0.25, -0.2) is 0 Å². The largest absolute Gasteiger partial charge is 0.494 e. The molecule has 0 saturated carbocycles. The van der Waals surface area contributed by atoms with Crippen LogP contribution in [0.4, 0.5) is 0 Å². The molecule has 0 saturated heterocycles. The summed E-state index contributed by atoms with van der Waals surface area (Å²) >= 11 is 0. The van der Waals surface area contributed by atoms with Gasteiger partial charge in [-0.1, -0.05) is 42.5 Å². The van der Waals surface area contributed by atoms with Gasteiger partial charge in [0.25, 0.3) is 5.91 Å². The maximum atomic E-state index is 13.8. The summed E-state index contributed by atoms with van der Waals surface area (Å²) in [5.41, 5.74) is 1.90. The molecular weight excluding hydrogens is 444 g/mol. The molecule has 0 spiro atoms. The van der Waals surface area contributed by atoms with Crippen LogP contribution >= 0.6 is 0 Å². The van der Waals surface area contributed by atoms with Crippen LogP contribution in [-0.2, 0) is 22.6 Å². The predicted octanol–water partition coefficient (Wildman–Crippen LogP) is 3.52. The summed E-state index contributed by atoms with van der Waals surface area (Å²) in [6.45, 7) is 5.89. The number of hydrogen-bond donors (Lipinski definition) is 1. The number of carbonyl (C=O) groups is 2. The Morgan fingerprint density at radius 1 is 1.14 bits per heavy atom. The molecule has 1 N–H and O–H groups in total. The molecule has 2 aromatic carbocycles. The van der Waals surface area contributed by atoms with Gasteiger partial charge in [0.15, 0.2) is 0 Å². The molecule has 1 atom stereocenters. The lowest BCUT2D eigenvalue weighted by Gasteiger charge is -2.43. The van der Waals surface area contributed by atoms with Crippen molar-refractivity contribution in [2.24, 2.45) is 0 Å². The quantitative estimate of drug-likeness (QED) is 0.453. The first kappa shape index (κ1) is 24.5. The molecule has 0 aliphatic carbocycles. The van der Waals surface area contributed by atoms with Gasteiger partial charge in [-0.2, -0.15) is 5.10 Å². The number of amides is 2. The SMILES string of the molecule is CCOc1ccc(CN2C(=O)c3cc(-c4ccccc4)nn3C[C@]2(C)C(=O)NCCCOC)cc1. The summed E-state index contributed by atoms with van der Waals surface area (Å²) in [6.07, 6.45) is 0.691. The Kier molecular flexibility index (Phi) is 7.51. The highest BCUT2D eigenvalue weighted by atomic mass is 16.5. The molecule has 0 unspecified atom stereocenters. The van der Waals surface area contributed by atoms with Crippen molar-refractivity contribution in [3.8, 4) is 17.0 Å². The number of hydrogen-bond acceptors (Lipinski definition) is 5. The third-order valence-electron chi connectivity index (χ3n) is 6.24. The summed E-state index contributed by atoms with van der Waals surface area (Å²) in [6, 6.07) is 19.1. The average Bonchev–Trinajstić information content (AvgIpc) is 3.30. The zero-order valence-corrected chi connectivity index (χ0v) is 20.5. The minimum Gasteiger partial charge on any atom is -0.494 e. The van der Waals surface area contributed by atoms with Crippen LogP contribution in [0.2, 0.25) is 0 Å². The van der Waals surface area contributed by atoms with Gasteiger partial charge in [-0.15, -0.1) is 0 Å². The number of ether oxygens (including phenoxy) is 2. The van der Waals surface area contributed by atoms with Gasteiger partial charge < -0.3 is 19.7 Å². The molecule has 0 fully saturated rings. The number of aromatic nitrogens is 2. The second-order valence-electron chi connectivity index (χ2n) is 8.78. The van der Waals surface area contributed by atoms with Crippen LogP contribution in [-0.4, -0.2) is 58.9 Å². The van der Waals surface area contributed by atoms with E-state index in [0.29, 0.717) is 44.1 Å². The first-order valence-electron chi connectivity index (χ1n) is 11.9. The van der Waals surface area contributed by atoms with Crippen LogP contribution in [0.3, 0.4) is 0 Å². The smallest absolute Gasteiger partial charge is 0.273 e. The molecule has 2 amide bonds. The Balaban J connectivity index is 1.66. The van der Waals surface area contributed by atoms with E-state index in [-0.39, 0.29) is 18.4 Å². The predicted molar refractivity (Wildman–Crippen MR) is 133 cm³/mol. The Morgan fingerprint density at radius 2 is 1.89 bits per heavy atom. The van der Waals surface area contributed by atoms with E-state index in [9.17, 15) is 9.59 Å². The molecule has 1 aliphatic rings. The summed E-state index contributed by atoms with van der Waals surface area (Å²) < 4.78 is 12.3. The first-order chi connectivity index (χ1) is 17.0.